The van der Waals surface area contributed by atoms with Crippen LogP contribution in [-0.4, -0.2) is 11.8 Å². The molecule has 1 rings (SSSR count). The lowest BCUT2D eigenvalue weighted by molar-refractivity contribution is -0.123. The number of hydrogen-bond donors (Lipinski definition) is 1. The monoisotopic (exact) mass is 151 g/mol. The average Bonchev–Trinajstić information content (AvgIpc) is 2.09. The Morgan fingerprint density at radius 3 is 2.45 bits per heavy atom. The van der Waals surface area contributed by atoms with Crippen LogP contribution in [-0.2, 0) is 9.59 Å². The van der Waals surface area contributed by atoms with Crippen molar-refractivity contribution in [3.8, 4) is 0 Å². The van der Waals surface area contributed by atoms with Gasteiger partial charge in [0.1, 0.15) is 0 Å². The third-order valence-electron chi connectivity index (χ3n) is 1.23. The van der Waals surface area contributed by atoms with E-state index in [-0.39, 0.29) is 11.8 Å². The SMILES string of the molecule is CC(C)=CC1=CC(=O)NC1=O. The predicted molar refractivity (Wildman–Crippen MR) is 40.7 cm³/mol. The molecule has 0 aliphatic carbocycles. The molecule has 2 amide bonds. The number of nitrogens with one attached hydrogen (secondary N) is 1. The van der Waals surface area contributed by atoms with E-state index < -0.39 is 0 Å². The molecule has 0 spiro atoms. The molecule has 1 N–H and O–H groups in total. The van der Waals surface area contributed by atoms with Crippen LogP contribution in [0.4, 0.5) is 0 Å². The second kappa shape index (κ2) is 2.70. The van der Waals surface area contributed by atoms with E-state index in [2.05, 4.69) is 5.32 Å². The van der Waals surface area contributed by atoms with Gasteiger partial charge in [-0.1, -0.05) is 11.6 Å². The minimum atomic E-state index is -0.331. The first-order chi connectivity index (χ1) is 5.09. The van der Waals surface area contributed by atoms with Gasteiger partial charge < -0.3 is 0 Å². The van der Waals surface area contributed by atoms with E-state index in [1.807, 2.05) is 13.8 Å². The van der Waals surface area contributed by atoms with E-state index in [0.29, 0.717) is 5.57 Å². The van der Waals surface area contributed by atoms with Crippen molar-refractivity contribution in [2.24, 2.45) is 0 Å². The average molecular weight is 151 g/mol. The highest BCUT2D eigenvalue weighted by molar-refractivity contribution is 6.17. The van der Waals surface area contributed by atoms with Gasteiger partial charge in [-0.2, -0.15) is 0 Å². The van der Waals surface area contributed by atoms with Crippen molar-refractivity contribution in [2.75, 3.05) is 0 Å². The second-order valence-corrected chi connectivity index (χ2v) is 2.64. The molecule has 0 aromatic heterocycles. The molecule has 0 aromatic rings. The molecule has 0 unspecified atom stereocenters. The third kappa shape index (κ3) is 1.77. The van der Waals surface area contributed by atoms with E-state index in [1.165, 1.54) is 6.08 Å². The smallest absolute Gasteiger partial charge is 0.258 e. The first kappa shape index (κ1) is 7.72. The Hall–Kier alpha value is -1.38. The Kier molecular flexibility index (Phi) is 1.89. The van der Waals surface area contributed by atoms with E-state index >= 15 is 0 Å². The summed E-state index contributed by atoms with van der Waals surface area (Å²) in [6.07, 6.45) is 2.98. The Bertz CT molecular complexity index is 270. The lowest BCUT2D eigenvalue weighted by atomic mass is 10.2. The van der Waals surface area contributed by atoms with Crippen LogP contribution in [0.5, 0.6) is 0 Å². The molecule has 0 bridgehead atoms. The standard InChI is InChI=1S/C8H9NO2/c1-5(2)3-6-4-7(10)9-8(6)11/h3-4H,1-2H3,(H,9,10,11). The van der Waals surface area contributed by atoms with Gasteiger partial charge in [-0.15, -0.1) is 0 Å². The Balaban J connectivity index is 2.89. The molecule has 11 heavy (non-hydrogen) atoms. The lowest BCUT2D eigenvalue weighted by Gasteiger charge is -1.90. The predicted octanol–water partition coefficient (Wildman–Crippen LogP) is 0.535. The van der Waals surface area contributed by atoms with Gasteiger partial charge in [0.2, 0.25) is 0 Å². The molecule has 58 valence electrons. The minimum absolute atomic E-state index is 0.309. The Morgan fingerprint density at radius 1 is 1.45 bits per heavy atom. The quantitative estimate of drug-likeness (QED) is 0.556. The van der Waals surface area contributed by atoms with Crippen LogP contribution >= 0.6 is 0 Å². The number of hydrogen-bond acceptors (Lipinski definition) is 2. The summed E-state index contributed by atoms with van der Waals surface area (Å²) in [5, 5.41) is 2.16. The molecular weight excluding hydrogens is 142 g/mol. The van der Waals surface area contributed by atoms with Crippen molar-refractivity contribution >= 4 is 11.8 Å². The number of amides is 2. The fourth-order valence-corrected chi connectivity index (χ4v) is 0.845. The maximum atomic E-state index is 10.9. The Labute approximate surface area is 64.8 Å². The highest BCUT2D eigenvalue weighted by Gasteiger charge is 2.17. The summed E-state index contributed by atoms with van der Waals surface area (Å²) in [5.41, 5.74) is 1.44. The van der Waals surface area contributed by atoms with Crippen LogP contribution in [0.3, 0.4) is 0 Å². The highest BCUT2D eigenvalue weighted by Crippen LogP contribution is 2.06. The number of rotatable bonds is 1. The van der Waals surface area contributed by atoms with Crippen molar-refractivity contribution in [3.63, 3.8) is 0 Å². The highest BCUT2D eigenvalue weighted by atomic mass is 16.2. The summed E-state index contributed by atoms with van der Waals surface area (Å²) in [7, 11) is 0. The van der Waals surface area contributed by atoms with Crippen LogP contribution in [0.1, 0.15) is 13.8 Å². The van der Waals surface area contributed by atoms with Crippen LogP contribution < -0.4 is 5.32 Å². The van der Waals surface area contributed by atoms with Crippen molar-refractivity contribution in [1.29, 1.82) is 0 Å². The zero-order chi connectivity index (χ0) is 8.43. The summed E-state index contributed by atoms with van der Waals surface area (Å²) < 4.78 is 0. The van der Waals surface area contributed by atoms with Gasteiger partial charge in [0.15, 0.2) is 0 Å². The van der Waals surface area contributed by atoms with Crippen LogP contribution in [0.2, 0.25) is 0 Å². The molecule has 0 aromatic carbocycles. The first-order valence-electron chi connectivity index (χ1n) is 3.31. The lowest BCUT2D eigenvalue weighted by Crippen LogP contribution is -2.21. The number of carbonyl (C=O) groups is 2. The van der Waals surface area contributed by atoms with Gasteiger partial charge in [0.25, 0.3) is 11.8 Å². The number of imide groups is 1. The normalized spacial score (nSPS) is 16.0. The van der Waals surface area contributed by atoms with Gasteiger partial charge in [-0.05, 0) is 13.8 Å². The largest absolute Gasteiger partial charge is 0.289 e. The molecule has 1 aliphatic heterocycles. The second-order valence-electron chi connectivity index (χ2n) is 2.64. The molecular formula is C8H9NO2. The molecule has 0 saturated carbocycles. The zero-order valence-corrected chi connectivity index (χ0v) is 6.47. The molecule has 0 fully saturated rings. The molecule has 3 nitrogen and oxygen atoms in total. The van der Waals surface area contributed by atoms with Crippen molar-refractivity contribution in [1.82, 2.24) is 5.32 Å². The van der Waals surface area contributed by atoms with Crippen molar-refractivity contribution < 1.29 is 9.59 Å². The summed E-state index contributed by atoms with van der Waals surface area (Å²) in [5.74, 6) is -0.640. The zero-order valence-electron chi connectivity index (χ0n) is 6.47. The minimum Gasteiger partial charge on any atom is -0.289 e. The van der Waals surface area contributed by atoms with Crippen LogP contribution in [0, 0.1) is 0 Å². The summed E-state index contributed by atoms with van der Waals surface area (Å²) >= 11 is 0. The maximum absolute atomic E-state index is 10.9. The fraction of sp³-hybridized carbons (Fsp3) is 0.250. The molecule has 1 aliphatic rings. The van der Waals surface area contributed by atoms with Crippen molar-refractivity contribution in [3.05, 3.63) is 23.3 Å². The first-order valence-corrected chi connectivity index (χ1v) is 3.31. The van der Waals surface area contributed by atoms with Gasteiger partial charge in [0, 0.05) is 11.6 Å². The van der Waals surface area contributed by atoms with E-state index in [0.717, 1.165) is 5.57 Å². The molecule has 1 heterocycles. The number of allylic oxidation sites excluding steroid dienone is 1. The molecule has 0 radical (unpaired) electrons. The maximum Gasteiger partial charge on any atom is 0.258 e. The molecule has 3 heteroatoms. The van der Waals surface area contributed by atoms with Crippen molar-refractivity contribution in [2.45, 2.75) is 13.8 Å². The van der Waals surface area contributed by atoms with Gasteiger partial charge in [-0.25, -0.2) is 0 Å². The molecule has 0 atom stereocenters. The summed E-state index contributed by atoms with van der Waals surface area (Å²) in [6, 6.07) is 0. The van der Waals surface area contributed by atoms with Crippen LogP contribution in [0.25, 0.3) is 0 Å². The Morgan fingerprint density at radius 2 is 2.09 bits per heavy atom. The summed E-state index contributed by atoms with van der Waals surface area (Å²) in [4.78, 5) is 21.5. The van der Waals surface area contributed by atoms with Gasteiger partial charge in [0.05, 0.1) is 0 Å². The third-order valence-corrected chi connectivity index (χ3v) is 1.23. The number of carbonyl (C=O) groups excluding carboxylic acids is 2. The molecule has 0 saturated heterocycles. The van der Waals surface area contributed by atoms with E-state index in [1.54, 1.807) is 6.08 Å². The van der Waals surface area contributed by atoms with E-state index in [9.17, 15) is 9.59 Å². The van der Waals surface area contributed by atoms with Gasteiger partial charge in [-0.3, -0.25) is 14.9 Å². The van der Waals surface area contributed by atoms with E-state index in [4.69, 9.17) is 0 Å². The topological polar surface area (TPSA) is 46.2 Å². The fourth-order valence-electron chi connectivity index (χ4n) is 0.845. The van der Waals surface area contributed by atoms with Gasteiger partial charge >= 0.3 is 0 Å². The van der Waals surface area contributed by atoms with Crippen LogP contribution in [0.15, 0.2) is 23.3 Å². The summed E-state index contributed by atoms with van der Waals surface area (Å²) in [6.45, 7) is 3.74.